The molecule has 1 aliphatic rings. The van der Waals surface area contributed by atoms with Crippen molar-refractivity contribution in [3.8, 4) is 0 Å². The van der Waals surface area contributed by atoms with Crippen LogP contribution >= 0.6 is 0 Å². The maximum atomic E-state index is 13.0. The number of likely N-dealkylation sites (tertiary alicyclic amines) is 1. The first-order valence-electron chi connectivity index (χ1n) is 5.56. The van der Waals surface area contributed by atoms with E-state index in [4.69, 9.17) is 5.11 Å². The molecule has 0 radical (unpaired) electrons. The largest absolute Gasteiger partial charge is 0.481 e. The minimum atomic E-state index is -1.64. The van der Waals surface area contributed by atoms with E-state index in [-0.39, 0.29) is 25.1 Å². The fraction of sp³-hybridized carbons (Fsp3) is 0.333. The van der Waals surface area contributed by atoms with Gasteiger partial charge in [-0.1, -0.05) is 0 Å². The predicted molar refractivity (Wildman–Crippen MR) is 58.0 cm³/mol. The Hall–Kier alpha value is -2.05. The fourth-order valence-electron chi connectivity index (χ4n) is 2.01. The van der Waals surface area contributed by atoms with Crippen LogP contribution in [0.3, 0.4) is 0 Å². The number of hydrogen-bond acceptors (Lipinski definition) is 2. The molecule has 4 nitrogen and oxygen atoms in total. The summed E-state index contributed by atoms with van der Waals surface area (Å²) in [5.41, 5.74) is -0.331. The molecule has 102 valence electrons. The second-order valence-corrected chi connectivity index (χ2v) is 4.33. The van der Waals surface area contributed by atoms with Crippen LogP contribution in [0.25, 0.3) is 0 Å². The predicted octanol–water partition coefficient (Wildman–Crippen LogP) is 1.65. The van der Waals surface area contributed by atoms with E-state index in [9.17, 15) is 22.8 Å². The Kier molecular flexibility index (Phi) is 3.46. The lowest BCUT2D eigenvalue weighted by Gasteiger charge is -2.16. The van der Waals surface area contributed by atoms with Crippen LogP contribution in [0.1, 0.15) is 16.8 Å². The maximum absolute atomic E-state index is 13.0. The van der Waals surface area contributed by atoms with Gasteiger partial charge in [0.05, 0.1) is 5.92 Å². The van der Waals surface area contributed by atoms with Gasteiger partial charge in [0.1, 0.15) is 0 Å². The van der Waals surface area contributed by atoms with Gasteiger partial charge in [-0.25, -0.2) is 13.2 Å². The molecule has 2 rings (SSSR count). The smallest absolute Gasteiger partial charge is 0.308 e. The summed E-state index contributed by atoms with van der Waals surface area (Å²) in [5, 5.41) is 8.80. The van der Waals surface area contributed by atoms with Gasteiger partial charge in [-0.05, 0) is 18.6 Å². The first-order chi connectivity index (χ1) is 8.90. The molecule has 0 aromatic heterocycles. The van der Waals surface area contributed by atoms with Gasteiger partial charge in [-0.3, -0.25) is 9.59 Å². The van der Waals surface area contributed by atoms with E-state index < -0.39 is 35.2 Å². The van der Waals surface area contributed by atoms with Crippen molar-refractivity contribution in [2.24, 2.45) is 5.92 Å². The highest BCUT2D eigenvalue weighted by molar-refractivity contribution is 5.94. The number of aliphatic carboxylic acids is 1. The van der Waals surface area contributed by atoms with Crippen LogP contribution in [0.5, 0.6) is 0 Å². The number of amides is 1. The molecule has 0 spiro atoms. The van der Waals surface area contributed by atoms with Gasteiger partial charge in [0.2, 0.25) is 0 Å². The van der Waals surface area contributed by atoms with Gasteiger partial charge in [0.25, 0.3) is 5.91 Å². The van der Waals surface area contributed by atoms with Crippen molar-refractivity contribution in [2.45, 2.75) is 6.42 Å². The summed E-state index contributed by atoms with van der Waals surface area (Å²) in [7, 11) is 0. The van der Waals surface area contributed by atoms with Crippen LogP contribution in [0.15, 0.2) is 12.1 Å². The molecule has 1 aromatic rings. The monoisotopic (exact) mass is 273 g/mol. The van der Waals surface area contributed by atoms with Crippen LogP contribution in [0.2, 0.25) is 0 Å². The van der Waals surface area contributed by atoms with Gasteiger partial charge in [0, 0.05) is 18.7 Å². The van der Waals surface area contributed by atoms with Crippen molar-refractivity contribution in [1.29, 1.82) is 0 Å². The average molecular weight is 273 g/mol. The fourth-order valence-corrected chi connectivity index (χ4v) is 2.01. The molecule has 7 heteroatoms. The van der Waals surface area contributed by atoms with Crippen LogP contribution in [0.4, 0.5) is 13.2 Å². The van der Waals surface area contributed by atoms with Crippen LogP contribution < -0.4 is 0 Å². The van der Waals surface area contributed by atoms with E-state index in [1.165, 1.54) is 4.90 Å². The molecule has 0 unspecified atom stereocenters. The third-order valence-corrected chi connectivity index (χ3v) is 3.06. The van der Waals surface area contributed by atoms with Gasteiger partial charge >= 0.3 is 5.97 Å². The Labute approximate surface area is 106 Å². The van der Waals surface area contributed by atoms with Gasteiger partial charge < -0.3 is 10.0 Å². The summed E-state index contributed by atoms with van der Waals surface area (Å²) >= 11 is 0. The van der Waals surface area contributed by atoms with Crippen molar-refractivity contribution in [2.75, 3.05) is 13.1 Å². The quantitative estimate of drug-likeness (QED) is 0.833. The highest BCUT2D eigenvalue weighted by Gasteiger charge is 2.31. The van der Waals surface area contributed by atoms with Crippen LogP contribution in [0, 0.1) is 23.4 Å². The first-order valence-corrected chi connectivity index (χ1v) is 5.56. The van der Waals surface area contributed by atoms with Crippen LogP contribution in [-0.4, -0.2) is 35.0 Å². The second-order valence-electron chi connectivity index (χ2n) is 4.33. The van der Waals surface area contributed by atoms with E-state index in [0.29, 0.717) is 12.1 Å². The van der Waals surface area contributed by atoms with Gasteiger partial charge in [-0.2, -0.15) is 0 Å². The molecular formula is C12H10F3NO3. The molecule has 1 heterocycles. The van der Waals surface area contributed by atoms with E-state index in [0.717, 1.165) is 0 Å². The zero-order chi connectivity index (χ0) is 14.2. The highest BCUT2D eigenvalue weighted by Crippen LogP contribution is 2.21. The van der Waals surface area contributed by atoms with E-state index >= 15 is 0 Å². The standard InChI is InChI=1S/C12H10F3NO3/c13-8-3-7(4-9(14)10(8)15)11(17)16-2-1-6(5-16)12(18)19/h3-4,6H,1-2,5H2,(H,18,19)/t6-/m1/s1. The summed E-state index contributed by atoms with van der Waals surface area (Å²) in [5.74, 6) is -6.94. The van der Waals surface area contributed by atoms with E-state index in [2.05, 4.69) is 0 Å². The Bertz CT molecular complexity index is 524. The number of carboxylic acids is 1. The van der Waals surface area contributed by atoms with Crippen molar-refractivity contribution < 1.29 is 27.9 Å². The van der Waals surface area contributed by atoms with Crippen molar-refractivity contribution in [1.82, 2.24) is 4.90 Å². The number of benzene rings is 1. The SMILES string of the molecule is O=C(O)[C@@H]1CCN(C(=O)c2cc(F)c(F)c(F)c2)C1. The number of hydrogen-bond donors (Lipinski definition) is 1. The van der Waals surface area contributed by atoms with Crippen LogP contribution in [-0.2, 0) is 4.79 Å². The van der Waals surface area contributed by atoms with E-state index in [1.807, 2.05) is 0 Å². The van der Waals surface area contributed by atoms with Gasteiger partial charge in [0.15, 0.2) is 17.5 Å². The average Bonchev–Trinajstić information content (AvgIpc) is 2.84. The Balaban J connectivity index is 2.19. The maximum Gasteiger partial charge on any atom is 0.308 e. The summed E-state index contributed by atoms with van der Waals surface area (Å²) in [6.45, 7) is 0.172. The molecule has 1 fully saturated rings. The summed E-state index contributed by atoms with van der Waals surface area (Å²) in [4.78, 5) is 23.8. The third-order valence-electron chi connectivity index (χ3n) is 3.06. The molecule has 1 aliphatic heterocycles. The molecular weight excluding hydrogens is 263 g/mol. The zero-order valence-electron chi connectivity index (χ0n) is 9.70. The summed E-state index contributed by atoms with van der Waals surface area (Å²) in [6, 6.07) is 1.21. The highest BCUT2D eigenvalue weighted by atomic mass is 19.2. The number of carboxylic acid groups (broad SMARTS) is 1. The second kappa shape index (κ2) is 4.91. The third kappa shape index (κ3) is 2.54. The number of carbonyl (C=O) groups is 2. The Morgan fingerprint density at radius 2 is 1.79 bits per heavy atom. The molecule has 1 amide bonds. The molecule has 1 aromatic carbocycles. The summed E-state index contributed by atoms with van der Waals surface area (Å²) in [6.07, 6.45) is 0.285. The number of halogens is 3. The number of nitrogens with zero attached hydrogens (tertiary/aromatic N) is 1. The molecule has 19 heavy (non-hydrogen) atoms. The Morgan fingerprint density at radius 1 is 1.21 bits per heavy atom. The molecule has 1 atom stereocenters. The van der Waals surface area contributed by atoms with Crippen molar-refractivity contribution >= 4 is 11.9 Å². The lowest BCUT2D eigenvalue weighted by Crippen LogP contribution is -2.30. The first kappa shape index (κ1) is 13.4. The molecule has 0 saturated carbocycles. The molecule has 1 saturated heterocycles. The van der Waals surface area contributed by atoms with E-state index in [1.54, 1.807) is 0 Å². The van der Waals surface area contributed by atoms with Gasteiger partial charge in [-0.15, -0.1) is 0 Å². The zero-order valence-corrected chi connectivity index (χ0v) is 9.70. The van der Waals surface area contributed by atoms with Crippen molar-refractivity contribution in [3.63, 3.8) is 0 Å². The normalized spacial score (nSPS) is 18.7. The topological polar surface area (TPSA) is 57.6 Å². The Morgan fingerprint density at radius 3 is 2.26 bits per heavy atom. The molecule has 1 N–H and O–H groups in total. The minimum absolute atomic E-state index is 0.0191. The van der Waals surface area contributed by atoms with Crippen molar-refractivity contribution in [3.05, 3.63) is 35.1 Å². The number of carbonyl (C=O) groups excluding carboxylic acids is 1. The summed E-state index contributed by atoms with van der Waals surface area (Å²) < 4.78 is 38.8. The lowest BCUT2D eigenvalue weighted by molar-refractivity contribution is -0.141. The lowest BCUT2D eigenvalue weighted by atomic mass is 10.1. The molecule has 0 aliphatic carbocycles. The minimum Gasteiger partial charge on any atom is -0.481 e. The number of rotatable bonds is 2. The molecule has 0 bridgehead atoms.